The number of aryl methyl sites for hydroxylation is 2. The maximum absolute atomic E-state index is 6.72. The predicted octanol–water partition coefficient (Wildman–Crippen LogP) is 5.96. The Morgan fingerprint density at radius 2 is 1.03 bits per heavy atom. The van der Waals surface area contributed by atoms with E-state index < -0.39 is 5.79 Å². The molecule has 0 unspecified atom stereocenters. The first kappa shape index (κ1) is 23.6. The minimum atomic E-state index is -0.457. The number of anilines is 2. The first-order valence-electron chi connectivity index (χ1n) is 11.8. The van der Waals surface area contributed by atoms with Gasteiger partial charge in [0.2, 0.25) is 0 Å². The van der Waals surface area contributed by atoms with Crippen LogP contribution in [0.1, 0.15) is 50.7 Å². The van der Waals surface area contributed by atoms with Crippen LogP contribution in [0.25, 0.3) is 0 Å². The summed E-state index contributed by atoms with van der Waals surface area (Å²) in [5.41, 5.74) is 4.98. The fourth-order valence-corrected chi connectivity index (χ4v) is 4.51. The topological polar surface area (TPSA) is 24.9 Å². The molecule has 3 rings (SSSR count). The summed E-state index contributed by atoms with van der Waals surface area (Å²) < 4.78 is 13.4. The normalized spacial score (nSPS) is 20.1. The zero-order valence-corrected chi connectivity index (χ0v) is 20.2. The number of rotatable bonds is 10. The summed E-state index contributed by atoms with van der Waals surface area (Å²) in [5.74, 6) is -0.457. The first-order chi connectivity index (χ1) is 14.9. The van der Waals surface area contributed by atoms with E-state index in [-0.39, 0.29) is 12.2 Å². The van der Waals surface area contributed by atoms with E-state index in [0.29, 0.717) is 0 Å². The van der Waals surface area contributed by atoms with Gasteiger partial charge >= 0.3 is 0 Å². The van der Waals surface area contributed by atoms with Gasteiger partial charge in [-0.3, -0.25) is 0 Å². The van der Waals surface area contributed by atoms with Gasteiger partial charge in [-0.25, -0.2) is 0 Å². The molecular weight excluding hydrogens is 384 g/mol. The molecule has 0 aliphatic carbocycles. The number of hydrogen-bond acceptors (Lipinski definition) is 4. The van der Waals surface area contributed by atoms with Gasteiger partial charge in [-0.1, -0.05) is 62.1 Å². The maximum atomic E-state index is 6.72. The smallest absolute Gasteiger partial charge is 0.169 e. The van der Waals surface area contributed by atoms with Crippen molar-refractivity contribution in [1.29, 1.82) is 0 Å². The first-order valence-corrected chi connectivity index (χ1v) is 11.8. The number of ether oxygens (including phenoxy) is 2. The van der Waals surface area contributed by atoms with Gasteiger partial charge in [-0.2, -0.15) is 0 Å². The van der Waals surface area contributed by atoms with E-state index in [1.807, 2.05) is 0 Å². The van der Waals surface area contributed by atoms with Crippen molar-refractivity contribution in [1.82, 2.24) is 0 Å². The zero-order chi connectivity index (χ0) is 22.4. The Morgan fingerprint density at radius 3 is 1.35 bits per heavy atom. The van der Waals surface area contributed by atoms with E-state index in [1.54, 1.807) is 0 Å². The molecule has 2 atom stereocenters. The van der Waals surface area contributed by atoms with Gasteiger partial charge in [0.05, 0.1) is 0 Å². The molecule has 1 fully saturated rings. The van der Waals surface area contributed by atoms with Gasteiger partial charge < -0.3 is 19.3 Å². The largest absolute Gasteiger partial charge is 0.372 e. The summed E-state index contributed by atoms with van der Waals surface area (Å²) in [5, 5.41) is 0. The summed E-state index contributed by atoms with van der Waals surface area (Å²) in [6.45, 7) is 10.3. The lowest BCUT2D eigenvalue weighted by molar-refractivity contribution is -0.183. The third-order valence-electron chi connectivity index (χ3n) is 6.27. The van der Waals surface area contributed by atoms with Crippen LogP contribution in [-0.2, 0) is 9.47 Å². The second-order valence-electron chi connectivity index (χ2n) is 9.16. The minimum Gasteiger partial charge on any atom is -0.372 e. The van der Waals surface area contributed by atoms with Crippen LogP contribution in [0.3, 0.4) is 0 Å². The van der Waals surface area contributed by atoms with Gasteiger partial charge in [-0.05, 0) is 38.1 Å². The third kappa shape index (κ3) is 6.02. The van der Waals surface area contributed by atoms with Gasteiger partial charge in [0, 0.05) is 51.4 Å². The fourth-order valence-electron chi connectivity index (χ4n) is 4.51. The maximum Gasteiger partial charge on any atom is 0.169 e. The Hall–Kier alpha value is -2.04. The molecule has 2 aromatic rings. The van der Waals surface area contributed by atoms with E-state index in [4.69, 9.17) is 9.47 Å². The van der Waals surface area contributed by atoms with E-state index >= 15 is 0 Å². The molecule has 170 valence electrons. The number of nitrogens with zero attached hydrogens (tertiary/aromatic N) is 2. The predicted molar refractivity (Wildman–Crippen MR) is 131 cm³/mol. The highest BCUT2D eigenvalue weighted by molar-refractivity contribution is 5.48. The molecule has 4 heteroatoms. The van der Waals surface area contributed by atoms with Crippen LogP contribution in [0.2, 0.25) is 0 Å². The summed E-state index contributed by atoms with van der Waals surface area (Å²) in [6.07, 6.45) is 4.05. The summed E-state index contributed by atoms with van der Waals surface area (Å²) in [7, 11) is 4.29. The standard InChI is InChI=1S/C27H40N2O2/c1-7-17-27(18-8-2)30-25(19-28(5)23-13-9-21(3)10-14-23)26(31-27)20-29(6)24-15-11-22(4)12-16-24/h9-16,25-26H,7-8,17-20H2,1-6H3/t25-,26-/m0/s1. The average Bonchev–Trinajstić information content (AvgIpc) is 3.05. The van der Waals surface area contributed by atoms with Gasteiger partial charge in [0.1, 0.15) is 12.2 Å². The van der Waals surface area contributed by atoms with E-state index in [0.717, 1.165) is 38.8 Å². The van der Waals surface area contributed by atoms with Crippen molar-refractivity contribution >= 4 is 11.4 Å². The van der Waals surface area contributed by atoms with Crippen molar-refractivity contribution < 1.29 is 9.47 Å². The molecular formula is C27H40N2O2. The van der Waals surface area contributed by atoms with Crippen LogP contribution in [-0.4, -0.2) is 45.2 Å². The van der Waals surface area contributed by atoms with Crippen LogP contribution >= 0.6 is 0 Å². The van der Waals surface area contributed by atoms with Gasteiger partial charge in [0.25, 0.3) is 0 Å². The Balaban J connectivity index is 1.78. The van der Waals surface area contributed by atoms with Crippen molar-refractivity contribution in [2.75, 3.05) is 37.0 Å². The fraction of sp³-hybridized carbons (Fsp3) is 0.556. The molecule has 0 N–H and O–H groups in total. The van der Waals surface area contributed by atoms with Crippen molar-refractivity contribution in [3.05, 3.63) is 59.7 Å². The Kier molecular flexibility index (Phi) is 8.01. The van der Waals surface area contributed by atoms with Crippen LogP contribution in [0, 0.1) is 13.8 Å². The van der Waals surface area contributed by atoms with E-state index in [2.05, 4.69) is 100 Å². The molecule has 0 amide bonds. The van der Waals surface area contributed by atoms with E-state index in [9.17, 15) is 0 Å². The molecule has 0 radical (unpaired) electrons. The summed E-state index contributed by atoms with van der Waals surface area (Å²) in [4.78, 5) is 4.58. The van der Waals surface area contributed by atoms with Crippen molar-refractivity contribution in [2.45, 2.75) is 71.4 Å². The Labute approximate surface area is 189 Å². The molecule has 1 heterocycles. The third-order valence-corrected chi connectivity index (χ3v) is 6.27. The number of benzene rings is 2. The van der Waals surface area contributed by atoms with Gasteiger partial charge in [0.15, 0.2) is 5.79 Å². The molecule has 31 heavy (non-hydrogen) atoms. The second-order valence-corrected chi connectivity index (χ2v) is 9.16. The highest BCUT2D eigenvalue weighted by Gasteiger charge is 2.47. The monoisotopic (exact) mass is 424 g/mol. The highest BCUT2D eigenvalue weighted by Crippen LogP contribution is 2.38. The van der Waals surface area contributed by atoms with Crippen LogP contribution in [0.15, 0.2) is 48.5 Å². The SMILES string of the molecule is CCCC1(CCC)O[C@@H](CN(C)c2ccc(C)cc2)[C@H](CN(C)c2ccc(C)cc2)O1. The molecule has 4 nitrogen and oxygen atoms in total. The molecule has 0 saturated carbocycles. The summed E-state index contributed by atoms with van der Waals surface area (Å²) >= 11 is 0. The molecule has 1 aliphatic heterocycles. The molecule has 0 aromatic heterocycles. The Morgan fingerprint density at radius 1 is 0.677 bits per heavy atom. The lowest BCUT2D eigenvalue weighted by atomic mass is 10.1. The molecule has 1 aliphatic rings. The molecule has 2 aromatic carbocycles. The molecule has 0 spiro atoms. The van der Waals surface area contributed by atoms with Gasteiger partial charge in [-0.15, -0.1) is 0 Å². The highest BCUT2D eigenvalue weighted by atomic mass is 16.8. The average molecular weight is 425 g/mol. The molecule has 0 bridgehead atoms. The zero-order valence-electron chi connectivity index (χ0n) is 20.2. The lowest BCUT2D eigenvalue weighted by Gasteiger charge is -2.28. The molecule has 1 saturated heterocycles. The minimum absolute atomic E-state index is 0.0253. The number of hydrogen-bond donors (Lipinski definition) is 0. The van der Waals surface area contributed by atoms with Crippen molar-refractivity contribution in [3.8, 4) is 0 Å². The summed E-state index contributed by atoms with van der Waals surface area (Å²) in [6, 6.07) is 17.4. The number of likely N-dealkylation sites (N-methyl/N-ethyl adjacent to an activating group) is 2. The van der Waals surface area contributed by atoms with E-state index in [1.165, 1.54) is 22.5 Å². The van der Waals surface area contributed by atoms with Crippen LogP contribution < -0.4 is 9.80 Å². The second kappa shape index (κ2) is 10.5. The quantitative estimate of drug-likeness (QED) is 0.470. The Bertz CT molecular complexity index is 733. The van der Waals surface area contributed by atoms with Crippen LogP contribution in [0.4, 0.5) is 11.4 Å². The van der Waals surface area contributed by atoms with Crippen LogP contribution in [0.5, 0.6) is 0 Å². The lowest BCUT2D eigenvalue weighted by Crippen LogP contribution is -2.41. The van der Waals surface area contributed by atoms with Crippen molar-refractivity contribution in [2.24, 2.45) is 0 Å². The van der Waals surface area contributed by atoms with Crippen molar-refractivity contribution in [3.63, 3.8) is 0 Å².